The Kier molecular flexibility index (Phi) is 15.5. The van der Waals surface area contributed by atoms with E-state index in [0.29, 0.717) is 83.5 Å². The van der Waals surface area contributed by atoms with Crippen LogP contribution in [0.25, 0.3) is 0 Å². The number of phenolic OH excluding ortho intramolecular Hbond substituents is 1. The summed E-state index contributed by atoms with van der Waals surface area (Å²) in [5.41, 5.74) is 1.80. The van der Waals surface area contributed by atoms with E-state index in [1.54, 1.807) is 27.9 Å². The van der Waals surface area contributed by atoms with Gasteiger partial charge in [-0.15, -0.1) is 0 Å². The summed E-state index contributed by atoms with van der Waals surface area (Å²) in [6, 6.07) is 13.0. The van der Waals surface area contributed by atoms with Crippen LogP contribution in [0, 0.1) is 17.8 Å². The molecule has 1 N–H and O–H groups in total. The summed E-state index contributed by atoms with van der Waals surface area (Å²) in [4.78, 5) is 31.1. The number of amidine groups is 3. The maximum absolute atomic E-state index is 11.4. The second kappa shape index (κ2) is 21.1. The highest BCUT2D eigenvalue weighted by molar-refractivity contribution is 6.34. The maximum atomic E-state index is 11.4. The number of aryl methyl sites for hydroxylation is 1. The molecule has 3 aliphatic rings. The topological polar surface area (TPSA) is 143 Å². The fourth-order valence-electron chi connectivity index (χ4n) is 7.25. The number of rotatable bonds is 24. The summed E-state index contributed by atoms with van der Waals surface area (Å²) in [6.45, 7) is 15.1. The molecule has 1 aromatic heterocycles. The summed E-state index contributed by atoms with van der Waals surface area (Å²) in [6.07, 6.45) is 15.1. The van der Waals surface area contributed by atoms with Gasteiger partial charge < -0.3 is 19.3 Å². The highest BCUT2D eigenvalue weighted by Crippen LogP contribution is 2.32. The molecule has 0 bridgehead atoms. The van der Waals surface area contributed by atoms with E-state index in [0.717, 1.165) is 63.5 Å². The quantitative estimate of drug-likeness (QED) is 0.0955. The molecule has 13 nitrogen and oxygen atoms in total. The van der Waals surface area contributed by atoms with Gasteiger partial charge in [0.05, 0.1) is 30.9 Å². The fourth-order valence-corrected chi connectivity index (χ4v) is 7.25. The van der Waals surface area contributed by atoms with Gasteiger partial charge in [-0.05, 0) is 67.3 Å². The van der Waals surface area contributed by atoms with Gasteiger partial charge in [-0.1, -0.05) is 99.3 Å². The van der Waals surface area contributed by atoms with Crippen LogP contribution in [0.1, 0.15) is 135 Å². The fraction of sp³-hybridized carbons (Fsp3) is 0.543. The van der Waals surface area contributed by atoms with Crippen LogP contribution < -0.4 is 14.2 Å². The molecule has 4 heterocycles. The first-order chi connectivity index (χ1) is 28.8. The van der Waals surface area contributed by atoms with Crippen molar-refractivity contribution in [1.82, 2.24) is 14.7 Å². The Morgan fingerprint density at radius 3 is 1.53 bits per heavy atom. The number of hydrogen-bond donors (Lipinski definition) is 1. The van der Waals surface area contributed by atoms with E-state index in [-0.39, 0.29) is 23.5 Å². The van der Waals surface area contributed by atoms with Gasteiger partial charge in [-0.2, -0.15) is 35.1 Å². The minimum Gasteiger partial charge on any atom is -0.507 e. The molecule has 3 atom stereocenters. The number of guanidine groups is 3. The summed E-state index contributed by atoms with van der Waals surface area (Å²) in [5.74, 6) is 5.17. The zero-order valence-corrected chi connectivity index (χ0v) is 36.2. The number of aromatic nitrogens is 2. The zero-order chi connectivity index (χ0) is 41.7. The molecule has 0 saturated heterocycles. The van der Waals surface area contributed by atoms with E-state index in [1.165, 1.54) is 19.3 Å². The van der Waals surface area contributed by atoms with Crippen LogP contribution >= 0.6 is 0 Å². The van der Waals surface area contributed by atoms with E-state index in [9.17, 15) is 5.11 Å². The second-order valence-electron chi connectivity index (χ2n) is 15.7. The summed E-state index contributed by atoms with van der Waals surface area (Å²) in [5, 5.41) is 15.7. The first-order valence-electron chi connectivity index (χ1n) is 22.0. The summed E-state index contributed by atoms with van der Waals surface area (Å²) >= 11 is 0. The van der Waals surface area contributed by atoms with Gasteiger partial charge in [0.2, 0.25) is 17.9 Å². The van der Waals surface area contributed by atoms with Crippen LogP contribution in [0.5, 0.6) is 23.0 Å². The molecule has 0 saturated carbocycles. The van der Waals surface area contributed by atoms with Crippen molar-refractivity contribution in [2.45, 2.75) is 119 Å². The predicted octanol–water partition coefficient (Wildman–Crippen LogP) is 9.96. The van der Waals surface area contributed by atoms with Crippen LogP contribution in [0.2, 0.25) is 0 Å². The van der Waals surface area contributed by atoms with Crippen molar-refractivity contribution in [2.24, 2.45) is 54.8 Å². The van der Waals surface area contributed by atoms with Crippen molar-refractivity contribution >= 4 is 35.4 Å². The average Bonchev–Trinajstić information content (AvgIpc) is 3.69. The van der Waals surface area contributed by atoms with Gasteiger partial charge in [0.15, 0.2) is 17.5 Å². The van der Waals surface area contributed by atoms with E-state index >= 15 is 0 Å². The third-order valence-corrected chi connectivity index (χ3v) is 11.4. The minimum absolute atomic E-state index is 0.00803. The van der Waals surface area contributed by atoms with Gasteiger partial charge >= 0.3 is 0 Å². The number of phenols is 1. The average molecular weight is 806 g/mol. The van der Waals surface area contributed by atoms with E-state index in [1.807, 2.05) is 37.4 Å². The van der Waals surface area contributed by atoms with Crippen molar-refractivity contribution in [1.29, 1.82) is 0 Å². The van der Waals surface area contributed by atoms with Gasteiger partial charge in [0.25, 0.3) is 0 Å². The molecular formula is C46H63N9O4. The molecule has 2 aromatic carbocycles. The molecule has 3 unspecified atom stereocenters. The lowest BCUT2D eigenvalue weighted by molar-refractivity contribution is 0.223. The normalized spacial score (nSPS) is 16.2. The molecule has 3 aliphatic heterocycles. The van der Waals surface area contributed by atoms with E-state index < -0.39 is 0 Å². The Bertz CT molecular complexity index is 2080. The maximum Gasteiger partial charge on any atom is 0.243 e. The standard InChI is InChI=1S/C46H63N9O4/c1-8-14-17-31(11-4)28-57-34-20-22-36(39(56)26-34)41-48-44-50-42(51-46-53-43(38-24-25-47-54(38)7)52-45(49-41)55(44)46)37-23-21-35(58-29-32(12-5)18-15-9-2)27-40(37)59-30-33(13-6)19-16-10-3/h20-27,31-33,56H,8-19,28-30H2,1-7H3. The Morgan fingerprint density at radius 1 is 0.559 bits per heavy atom. The van der Waals surface area contributed by atoms with Crippen LogP contribution in [-0.2, 0) is 7.05 Å². The Morgan fingerprint density at radius 2 is 1.03 bits per heavy atom. The largest absolute Gasteiger partial charge is 0.507 e. The summed E-state index contributed by atoms with van der Waals surface area (Å²) in [7, 11) is 1.83. The highest BCUT2D eigenvalue weighted by Gasteiger charge is 2.37. The zero-order valence-electron chi connectivity index (χ0n) is 36.2. The predicted molar refractivity (Wildman–Crippen MR) is 238 cm³/mol. The number of benzene rings is 2. The van der Waals surface area contributed by atoms with E-state index in [4.69, 9.17) is 44.2 Å². The lowest BCUT2D eigenvalue weighted by Crippen LogP contribution is -2.48. The Labute approximate surface area is 350 Å². The highest BCUT2D eigenvalue weighted by atomic mass is 16.5. The number of ether oxygens (including phenoxy) is 3. The van der Waals surface area contributed by atoms with Gasteiger partial charge in [0, 0.05) is 25.4 Å². The third kappa shape index (κ3) is 10.8. The first kappa shape index (κ1) is 43.3. The van der Waals surface area contributed by atoms with Crippen molar-refractivity contribution in [3.8, 4) is 23.0 Å². The Hall–Kier alpha value is -5.33. The molecule has 0 aliphatic carbocycles. The molecule has 0 amide bonds. The Balaban J connectivity index is 1.38. The lowest BCUT2D eigenvalue weighted by atomic mass is 10.0. The summed E-state index contributed by atoms with van der Waals surface area (Å²) < 4.78 is 20.9. The molecule has 0 radical (unpaired) electrons. The molecule has 59 heavy (non-hydrogen) atoms. The van der Waals surface area contributed by atoms with Crippen LogP contribution in [0.4, 0.5) is 0 Å². The van der Waals surface area contributed by atoms with Crippen LogP contribution in [0.3, 0.4) is 0 Å². The van der Waals surface area contributed by atoms with Gasteiger partial charge in [0.1, 0.15) is 28.7 Å². The monoisotopic (exact) mass is 806 g/mol. The SMILES string of the molecule is CCCCC(CC)COc1ccc(C2=NC3=NC(c4ccc(OCC(CC)CCCC)cc4OCC(CC)CCCC)=NC4=NC(c5ccnn5C)=NC(=N2)N34)c(O)c1. The molecule has 6 rings (SSSR count). The number of aromatic hydroxyl groups is 1. The van der Waals surface area contributed by atoms with Crippen LogP contribution in [-0.4, -0.2) is 75.0 Å². The number of hydrogen-bond acceptors (Lipinski definition) is 12. The molecule has 316 valence electrons. The number of nitrogens with zero attached hydrogens (tertiary/aromatic N) is 9. The lowest BCUT2D eigenvalue weighted by Gasteiger charge is -2.30. The van der Waals surface area contributed by atoms with E-state index in [2.05, 4.69) is 46.6 Å². The molecule has 0 fully saturated rings. The van der Waals surface area contributed by atoms with Crippen molar-refractivity contribution in [3.63, 3.8) is 0 Å². The number of unbranched alkanes of at least 4 members (excludes halogenated alkanes) is 3. The second-order valence-corrected chi connectivity index (χ2v) is 15.7. The van der Waals surface area contributed by atoms with Crippen LogP contribution in [0.15, 0.2) is 78.6 Å². The van der Waals surface area contributed by atoms with Crippen molar-refractivity contribution in [2.75, 3.05) is 19.8 Å². The molecule has 13 heteroatoms. The first-order valence-corrected chi connectivity index (χ1v) is 22.0. The third-order valence-electron chi connectivity index (χ3n) is 11.4. The minimum atomic E-state index is -0.00803. The molecule has 0 spiro atoms. The molecular weight excluding hydrogens is 743 g/mol. The molecule has 3 aromatic rings. The van der Waals surface area contributed by atoms with Gasteiger partial charge in [-0.3, -0.25) is 4.68 Å². The van der Waals surface area contributed by atoms with Crippen molar-refractivity contribution in [3.05, 3.63) is 65.5 Å². The number of aliphatic imine (C=N–C) groups is 6. The van der Waals surface area contributed by atoms with Gasteiger partial charge in [-0.25, -0.2) is 4.90 Å². The smallest absolute Gasteiger partial charge is 0.243 e. The van der Waals surface area contributed by atoms with Crippen molar-refractivity contribution < 1.29 is 19.3 Å².